The second kappa shape index (κ2) is 5.53. The van der Waals surface area contributed by atoms with Crippen LogP contribution in [0.2, 0.25) is 0 Å². The van der Waals surface area contributed by atoms with Crippen molar-refractivity contribution in [3.05, 3.63) is 57.3 Å². The fourth-order valence-electron chi connectivity index (χ4n) is 1.82. The van der Waals surface area contributed by atoms with Crippen molar-refractivity contribution in [3.63, 3.8) is 0 Å². The summed E-state index contributed by atoms with van der Waals surface area (Å²) < 4.78 is 0.789. The van der Waals surface area contributed by atoms with Gasteiger partial charge in [0.05, 0.1) is 11.9 Å². The van der Waals surface area contributed by atoms with Gasteiger partial charge in [-0.3, -0.25) is 4.79 Å². The fraction of sp³-hybridized carbons (Fsp3) is 0.200. The number of nitrogens with zero attached hydrogens (tertiary/aromatic N) is 1. The molecule has 0 saturated heterocycles. The van der Waals surface area contributed by atoms with Gasteiger partial charge in [0, 0.05) is 5.56 Å². The number of halogens is 1. The highest BCUT2D eigenvalue weighted by Crippen LogP contribution is 2.19. The van der Waals surface area contributed by atoms with E-state index in [1.165, 1.54) is 0 Å². The van der Waals surface area contributed by atoms with Crippen LogP contribution >= 0.6 is 15.9 Å². The summed E-state index contributed by atoms with van der Waals surface area (Å²) >= 11 is 3.34. The maximum atomic E-state index is 12.2. The molecule has 0 aliphatic rings. The lowest BCUT2D eigenvalue weighted by Crippen LogP contribution is -2.14. The largest absolute Gasteiger partial charge is 0.321 e. The Kier molecular flexibility index (Phi) is 4.00. The van der Waals surface area contributed by atoms with Gasteiger partial charge in [-0.1, -0.05) is 12.1 Å². The number of nitrogens with one attached hydrogen (secondary N) is 1. The predicted molar refractivity (Wildman–Crippen MR) is 80.5 cm³/mol. The highest BCUT2D eigenvalue weighted by Gasteiger charge is 2.10. The van der Waals surface area contributed by atoms with Gasteiger partial charge in [0.25, 0.3) is 5.91 Å². The number of rotatable bonds is 2. The van der Waals surface area contributed by atoms with E-state index in [-0.39, 0.29) is 5.91 Å². The van der Waals surface area contributed by atoms with Gasteiger partial charge in [-0.2, -0.15) is 0 Å². The summed E-state index contributed by atoms with van der Waals surface area (Å²) in [7, 11) is 0. The molecule has 0 aliphatic heterocycles. The summed E-state index contributed by atoms with van der Waals surface area (Å²) in [5.41, 5.74) is 4.49. The molecular formula is C15H15BrN2O. The number of hydrogen-bond acceptors (Lipinski definition) is 2. The number of carbonyl (C=O) groups excluding carboxylic acids is 1. The van der Waals surface area contributed by atoms with Crippen LogP contribution in [0.4, 0.5) is 5.69 Å². The summed E-state index contributed by atoms with van der Waals surface area (Å²) in [6.07, 6.45) is 1.64. The van der Waals surface area contributed by atoms with Crippen LogP contribution < -0.4 is 5.32 Å². The molecule has 0 atom stereocenters. The lowest BCUT2D eigenvalue weighted by Gasteiger charge is -2.10. The number of carbonyl (C=O) groups is 1. The van der Waals surface area contributed by atoms with E-state index in [9.17, 15) is 4.79 Å². The average Bonchev–Trinajstić information content (AvgIpc) is 2.37. The van der Waals surface area contributed by atoms with Gasteiger partial charge in [-0.05, 0) is 65.5 Å². The molecule has 2 aromatic rings. The third-order valence-corrected chi connectivity index (χ3v) is 3.95. The van der Waals surface area contributed by atoms with Crippen LogP contribution in [0.1, 0.15) is 27.0 Å². The quantitative estimate of drug-likeness (QED) is 0.850. The molecule has 0 unspecified atom stereocenters. The summed E-state index contributed by atoms with van der Waals surface area (Å²) in [6.45, 7) is 5.89. The third kappa shape index (κ3) is 3.01. The SMILES string of the molecule is Cc1cc(NC(=O)c2cccc(C)c2C)cnc1Br. The lowest BCUT2D eigenvalue weighted by atomic mass is 10.0. The lowest BCUT2D eigenvalue weighted by molar-refractivity contribution is 0.102. The first kappa shape index (κ1) is 13.7. The highest BCUT2D eigenvalue weighted by molar-refractivity contribution is 9.10. The first-order valence-corrected chi connectivity index (χ1v) is 6.78. The van der Waals surface area contributed by atoms with E-state index in [1.54, 1.807) is 6.20 Å². The maximum Gasteiger partial charge on any atom is 0.255 e. The van der Waals surface area contributed by atoms with Gasteiger partial charge in [0.1, 0.15) is 4.60 Å². The molecule has 0 bridgehead atoms. The van der Waals surface area contributed by atoms with Gasteiger partial charge in [0.2, 0.25) is 0 Å². The molecule has 0 spiro atoms. The van der Waals surface area contributed by atoms with Crippen LogP contribution in [0.5, 0.6) is 0 Å². The molecule has 0 saturated carbocycles. The molecule has 0 aliphatic carbocycles. The van der Waals surface area contributed by atoms with E-state index < -0.39 is 0 Å². The minimum absolute atomic E-state index is 0.107. The number of pyridine rings is 1. The number of hydrogen-bond donors (Lipinski definition) is 1. The molecule has 0 fully saturated rings. The predicted octanol–water partition coefficient (Wildman–Crippen LogP) is 4.02. The highest BCUT2D eigenvalue weighted by atomic mass is 79.9. The first-order valence-electron chi connectivity index (χ1n) is 5.98. The van der Waals surface area contributed by atoms with Gasteiger partial charge >= 0.3 is 0 Å². The van der Waals surface area contributed by atoms with E-state index in [0.29, 0.717) is 11.3 Å². The van der Waals surface area contributed by atoms with Crippen LogP contribution in [0, 0.1) is 20.8 Å². The molecule has 4 heteroatoms. The van der Waals surface area contributed by atoms with Crippen molar-refractivity contribution in [2.45, 2.75) is 20.8 Å². The molecular weight excluding hydrogens is 304 g/mol. The Labute approximate surface area is 121 Å². The molecule has 1 aromatic heterocycles. The zero-order valence-corrected chi connectivity index (χ0v) is 12.7. The van der Waals surface area contributed by atoms with Crippen molar-refractivity contribution in [1.29, 1.82) is 0 Å². The Balaban J connectivity index is 2.26. The molecule has 98 valence electrons. The van der Waals surface area contributed by atoms with E-state index >= 15 is 0 Å². The van der Waals surface area contributed by atoms with Crippen molar-refractivity contribution in [2.75, 3.05) is 5.32 Å². The Morgan fingerprint density at radius 1 is 1.21 bits per heavy atom. The van der Waals surface area contributed by atoms with Crippen molar-refractivity contribution in [1.82, 2.24) is 4.98 Å². The molecule has 1 aromatic carbocycles. The molecule has 1 N–H and O–H groups in total. The summed E-state index contributed by atoms with van der Waals surface area (Å²) in [5.74, 6) is -0.107. The van der Waals surface area contributed by atoms with E-state index in [2.05, 4.69) is 26.2 Å². The second-order valence-corrected chi connectivity index (χ2v) is 5.28. The number of aryl methyl sites for hydroxylation is 2. The number of benzene rings is 1. The molecule has 1 amide bonds. The van der Waals surface area contributed by atoms with E-state index in [4.69, 9.17) is 0 Å². The van der Waals surface area contributed by atoms with Gasteiger partial charge in [-0.25, -0.2) is 4.98 Å². The second-order valence-electron chi connectivity index (χ2n) is 4.53. The molecule has 2 rings (SSSR count). The standard InChI is InChI=1S/C15H15BrN2O/c1-9-5-4-6-13(11(9)3)15(19)18-12-7-10(2)14(16)17-8-12/h4-8H,1-3H3,(H,18,19). The molecule has 0 radical (unpaired) electrons. The third-order valence-electron chi connectivity index (χ3n) is 3.12. The zero-order valence-electron chi connectivity index (χ0n) is 11.1. The average molecular weight is 319 g/mol. The summed E-state index contributed by atoms with van der Waals surface area (Å²) in [5, 5.41) is 2.87. The van der Waals surface area contributed by atoms with Crippen LogP contribution in [0.3, 0.4) is 0 Å². The van der Waals surface area contributed by atoms with Crippen molar-refractivity contribution < 1.29 is 4.79 Å². The normalized spacial score (nSPS) is 10.3. The van der Waals surface area contributed by atoms with Gasteiger partial charge in [-0.15, -0.1) is 0 Å². The van der Waals surface area contributed by atoms with Crippen LogP contribution in [-0.2, 0) is 0 Å². The Morgan fingerprint density at radius 2 is 1.95 bits per heavy atom. The number of amides is 1. The molecule has 1 heterocycles. The van der Waals surface area contributed by atoms with Crippen molar-refractivity contribution in [3.8, 4) is 0 Å². The number of anilines is 1. The van der Waals surface area contributed by atoms with Gasteiger partial charge < -0.3 is 5.32 Å². The summed E-state index contributed by atoms with van der Waals surface area (Å²) in [6, 6.07) is 7.61. The van der Waals surface area contributed by atoms with Crippen molar-refractivity contribution in [2.24, 2.45) is 0 Å². The summed E-state index contributed by atoms with van der Waals surface area (Å²) in [4.78, 5) is 16.4. The first-order chi connectivity index (χ1) is 8.99. The van der Waals surface area contributed by atoms with Crippen LogP contribution in [0.15, 0.2) is 35.1 Å². The maximum absolute atomic E-state index is 12.2. The monoisotopic (exact) mass is 318 g/mol. The van der Waals surface area contributed by atoms with E-state index in [0.717, 1.165) is 21.3 Å². The van der Waals surface area contributed by atoms with Gasteiger partial charge in [0.15, 0.2) is 0 Å². The van der Waals surface area contributed by atoms with Crippen molar-refractivity contribution >= 4 is 27.5 Å². The number of aromatic nitrogens is 1. The fourth-order valence-corrected chi connectivity index (χ4v) is 2.04. The topological polar surface area (TPSA) is 42.0 Å². The molecule has 3 nitrogen and oxygen atoms in total. The smallest absolute Gasteiger partial charge is 0.255 e. The Hall–Kier alpha value is -1.68. The Morgan fingerprint density at radius 3 is 2.63 bits per heavy atom. The molecule has 19 heavy (non-hydrogen) atoms. The Bertz CT molecular complexity index is 638. The minimum atomic E-state index is -0.107. The van der Waals surface area contributed by atoms with Crippen LogP contribution in [0.25, 0.3) is 0 Å². The minimum Gasteiger partial charge on any atom is -0.321 e. The van der Waals surface area contributed by atoms with Crippen LogP contribution in [-0.4, -0.2) is 10.9 Å². The van der Waals surface area contributed by atoms with E-state index in [1.807, 2.05) is 45.0 Å². The zero-order chi connectivity index (χ0) is 14.0.